The maximum absolute atomic E-state index is 12.0. The van der Waals surface area contributed by atoms with Crippen molar-refractivity contribution in [3.63, 3.8) is 0 Å². The fourth-order valence-corrected chi connectivity index (χ4v) is 2.17. The quantitative estimate of drug-likeness (QED) is 0.494. The van der Waals surface area contributed by atoms with Gasteiger partial charge in [-0.2, -0.15) is 0 Å². The first-order valence-corrected chi connectivity index (χ1v) is 7.66. The zero-order chi connectivity index (χ0) is 16.8. The molecule has 1 amide bonds. The van der Waals surface area contributed by atoms with Gasteiger partial charge in [0.15, 0.2) is 16.6 Å². The average molecular weight is 333 g/mol. The van der Waals surface area contributed by atoms with Crippen molar-refractivity contribution < 1.29 is 14.1 Å². The van der Waals surface area contributed by atoms with Gasteiger partial charge in [-0.3, -0.25) is 15.6 Å². The van der Waals surface area contributed by atoms with E-state index < -0.39 is 0 Å². The van der Waals surface area contributed by atoms with Gasteiger partial charge in [0, 0.05) is 5.69 Å². The monoisotopic (exact) mass is 333 g/mol. The first-order valence-electron chi connectivity index (χ1n) is 7.26. The van der Waals surface area contributed by atoms with Crippen LogP contribution in [0.1, 0.15) is 21.9 Å². The lowest BCUT2D eigenvalue weighted by molar-refractivity contribution is -0.873. The number of carbonyl (C=O) groups excluding carboxylic acids is 1. The SMILES string of the molecule is Cc1cccc(NC(=S)NNC(=O)c2ccc(C[NH+](C)C)o2)c1. The fraction of sp³-hybridized carbons (Fsp3) is 0.250. The Morgan fingerprint density at radius 2 is 2.00 bits per heavy atom. The molecule has 23 heavy (non-hydrogen) atoms. The molecule has 0 atom stereocenters. The van der Waals surface area contributed by atoms with Gasteiger partial charge in [0.1, 0.15) is 6.54 Å². The summed E-state index contributed by atoms with van der Waals surface area (Å²) in [6.45, 7) is 2.71. The molecule has 122 valence electrons. The second kappa shape index (κ2) is 7.75. The molecule has 0 aliphatic carbocycles. The summed E-state index contributed by atoms with van der Waals surface area (Å²) in [7, 11) is 4.03. The van der Waals surface area contributed by atoms with Gasteiger partial charge in [0.2, 0.25) is 0 Å². The predicted octanol–water partition coefficient (Wildman–Crippen LogP) is 0.864. The number of benzene rings is 1. The summed E-state index contributed by atoms with van der Waals surface area (Å²) in [5.74, 6) is 0.626. The van der Waals surface area contributed by atoms with Crippen LogP contribution in [0.15, 0.2) is 40.8 Å². The Kier molecular flexibility index (Phi) is 5.72. The van der Waals surface area contributed by atoms with Crippen molar-refractivity contribution in [2.24, 2.45) is 0 Å². The van der Waals surface area contributed by atoms with E-state index in [9.17, 15) is 4.79 Å². The van der Waals surface area contributed by atoms with E-state index in [4.69, 9.17) is 16.6 Å². The minimum Gasteiger partial charge on any atom is -0.450 e. The van der Waals surface area contributed by atoms with E-state index in [1.54, 1.807) is 12.1 Å². The number of furan rings is 1. The number of thiocarbonyl (C=S) groups is 1. The van der Waals surface area contributed by atoms with Crippen LogP contribution < -0.4 is 21.1 Å². The lowest BCUT2D eigenvalue weighted by atomic mass is 10.2. The minimum atomic E-state index is -0.376. The number of carbonyl (C=O) groups is 1. The Bertz CT molecular complexity index is 697. The minimum absolute atomic E-state index is 0.243. The molecule has 0 saturated heterocycles. The van der Waals surface area contributed by atoms with Gasteiger partial charge in [-0.15, -0.1) is 0 Å². The van der Waals surface area contributed by atoms with Gasteiger partial charge in [-0.05, 0) is 49.0 Å². The van der Waals surface area contributed by atoms with Crippen LogP contribution >= 0.6 is 12.2 Å². The van der Waals surface area contributed by atoms with Crippen molar-refractivity contribution in [1.29, 1.82) is 0 Å². The fourth-order valence-electron chi connectivity index (χ4n) is 2.00. The van der Waals surface area contributed by atoms with E-state index in [2.05, 4.69) is 16.2 Å². The van der Waals surface area contributed by atoms with E-state index in [-0.39, 0.29) is 11.7 Å². The largest absolute Gasteiger partial charge is 0.450 e. The van der Waals surface area contributed by atoms with E-state index in [0.29, 0.717) is 11.7 Å². The molecule has 0 fully saturated rings. The Balaban J connectivity index is 1.84. The third-order valence-electron chi connectivity index (χ3n) is 2.98. The molecule has 0 spiro atoms. The van der Waals surface area contributed by atoms with Crippen molar-refractivity contribution in [2.75, 3.05) is 19.4 Å². The number of nitrogens with one attached hydrogen (secondary N) is 4. The number of hydrogen-bond acceptors (Lipinski definition) is 3. The average Bonchev–Trinajstić information content (AvgIpc) is 2.92. The maximum Gasteiger partial charge on any atom is 0.305 e. The molecule has 4 N–H and O–H groups in total. The summed E-state index contributed by atoms with van der Waals surface area (Å²) in [6, 6.07) is 11.2. The highest BCUT2D eigenvalue weighted by Crippen LogP contribution is 2.09. The maximum atomic E-state index is 12.0. The second-order valence-electron chi connectivity index (χ2n) is 5.55. The zero-order valence-corrected chi connectivity index (χ0v) is 14.2. The first-order chi connectivity index (χ1) is 10.9. The molecule has 7 heteroatoms. The van der Waals surface area contributed by atoms with Crippen molar-refractivity contribution in [1.82, 2.24) is 10.9 Å². The lowest BCUT2D eigenvalue weighted by Crippen LogP contribution is -3.04. The topological polar surface area (TPSA) is 70.7 Å². The number of anilines is 1. The zero-order valence-electron chi connectivity index (χ0n) is 13.4. The summed E-state index contributed by atoms with van der Waals surface area (Å²) >= 11 is 5.14. The molecular formula is C16H21N4O2S+. The number of rotatable bonds is 4. The van der Waals surface area contributed by atoms with Crippen LogP contribution in [-0.2, 0) is 6.54 Å². The Morgan fingerprint density at radius 3 is 2.70 bits per heavy atom. The molecule has 0 aliphatic heterocycles. The van der Waals surface area contributed by atoms with Gasteiger partial charge < -0.3 is 14.6 Å². The molecule has 0 saturated carbocycles. The van der Waals surface area contributed by atoms with Crippen LogP contribution in [0, 0.1) is 6.92 Å². The molecule has 0 bridgehead atoms. The van der Waals surface area contributed by atoms with Gasteiger partial charge in [-0.1, -0.05) is 12.1 Å². The Morgan fingerprint density at radius 1 is 1.22 bits per heavy atom. The molecule has 0 unspecified atom stereocenters. The first kappa shape index (κ1) is 17.0. The molecule has 2 aromatic rings. The van der Waals surface area contributed by atoms with Crippen LogP contribution in [-0.4, -0.2) is 25.1 Å². The number of hydrogen-bond donors (Lipinski definition) is 4. The van der Waals surface area contributed by atoms with Crippen LogP contribution in [0.4, 0.5) is 5.69 Å². The van der Waals surface area contributed by atoms with Crippen molar-refractivity contribution >= 4 is 28.9 Å². The van der Waals surface area contributed by atoms with Gasteiger partial charge in [0.05, 0.1) is 14.1 Å². The summed E-state index contributed by atoms with van der Waals surface area (Å²) in [5.41, 5.74) is 7.13. The summed E-state index contributed by atoms with van der Waals surface area (Å²) in [4.78, 5) is 13.2. The lowest BCUT2D eigenvalue weighted by Gasteiger charge is -2.11. The summed E-state index contributed by atoms with van der Waals surface area (Å²) in [5, 5.41) is 3.29. The molecule has 1 aromatic carbocycles. The summed E-state index contributed by atoms with van der Waals surface area (Å²) in [6.07, 6.45) is 0. The molecule has 0 aliphatic rings. The highest BCUT2D eigenvalue weighted by molar-refractivity contribution is 7.80. The van der Waals surface area contributed by atoms with Crippen LogP contribution in [0.25, 0.3) is 0 Å². The van der Waals surface area contributed by atoms with Crippen molar-refractivity contribution in [3.8, 4) is 0 Å². The summed E-state index contributed by atoms with van der Waals surface area (Å²) < 4.78 is 5.49. The van der Waals surface area contributed by atoms with Crippen molar-refractivity contribution in [2.45, 2.75) is 13.5 Å². The number of amides is 1. The number of aryl methyl sites for hydroxylation is 1. The van der Waals surface area contributed by atoms with Crippen LogP contribution in [0.5, 0.6) is 0 Å². The second-order valence-corrected chi connectivity index (χ2v) is 5.96. The van der Waals surface area contributed by atoms with Crippen LogP contribution in [0.3, 0.4) is 0 Å². The number of quaternary nitrogens is 1. The molecule has 1 heterocycles. The molecule has 1 aromatic heterocycles. The highest BCUT2D eigenvalue weighted by atomic mass is 32.1. The van der Waals surface area contributed by atoms with Gasteiger partial charge in [0.25, 0.3) is 0 Å². The van der Waals surface area contributed by atoms with Crippen molar-refractivity contribution in [3.05, 3.63) is 53.5 Å². The third kappa shape index (κ3) is 5.39. The normalized spacial score (nSPS) is 10.4. The molecule has 0 radical (unpaired) electrons. The van der Waals surface area contributed by atoms with Crippen LogP contribution in [0.2, 0.25) is 0 Å². The number of hydrazine groups is 1. The van der Waals surface area contributed by atoms with E-state index in [1.807, 2.05) is 45.3 Å². The highest BCUT2D eigenvalue weighted by Gasteiger charge is 2.12. The molecular weight excluding hydrogens is 312 g/mol. The Labute approximate surface area is 140 Å². The smallest absolute Gasteiger partial charge is 0.305 e. The van der Waals surface area contributed by atoms with E-state index >= 15 is 0 Å². The standard InChI is InChI=1S/C16H20N4O2S/c1-11-5-4-6-12(9-11)17-16(23)19-18-15(21)14-8-7-13(22-14)10-20(2)3/h4-9H,10H2,1-3H3,(H,18,21)(H2,17,19,23)/p+1. The van der Waals surface area contributed by atoms with E-state index in [0.717, 1.165) is 17.0 Å². The predicted molar refractivity (Wildman–Crippen MR) is 93.2 cm³/mol. The molecule has 2 rings (SSSR count). The van der Waals surface area contributed by atoms with E-state index in [1.165, 1.54) is 4.90 Å². The Hall–Kier alpha value is -2.38. The van der Waals surface area contributed by atoms with Gasteiger partial charge >= 0.3 is 5.91 Å². The third-order valence-corrected chi connectivity index (χ3v) is 3.18. The van der Waals surface area contributed by atoms with Gasteiger partial charge in [-0.25, -0.2) is 0 Å². The molecule has 6 nitrogen and oxygen atoms in total.